The molecule has 0 amide bonds. The second kappa shape index (κ2) is 5.50. The van der Waals surface area contributed by atoms with E-state index in [4.69, 9.17) is 4.74 Å². The van der Waals surface area contributed by atoms with Crippen molar-refractivity contribution in [2.24, 2.45) is 0 Å². The number of fused-ring (bicyclic) bond motifs is 1. The minimum Gasteiger partial charge on any atom is -0.361 e. The summed E-state index contributed by atoms with van der Waals surface area (Å²) >= 11 is 0. The number of nitro benzene ring substituents is 1. The lowest BCUT2D eigenvalue weighted by molar-refractivity contribution is -0.387. The van der Waals surface area contributed by atoms with Gasteiger partial charge in [-0.3, -0.25) is 24.3 Å². The van der Waals surface area contributed by atoms with Gasteiger partial charge in [0.05, 0.1) is 16.0 Å². The van der Waals surface area contributed by atoms with E-state index >= 15 is 0 Å². The van der Waals surface area contributed by atoms with E-state index in [9.17, 15) is 32.9 Å². The average Bonchev–Trinajstić information content (AvgIpc) is 2.45. The standard InChI is InChI=1S/C12H10F3N3O5/c1-5(23-2)17-9-4-8(18(21)22)6(12(13,14)15)3-7(9)16-10(19)11(17)20/h3-5H,1-2H3,(H,16,19). The van der Waals surface area contributed by atoms with Crippen LogP contribution in [0.1, 0.15) is 18.7 Å². The lowest BCUT2D eigenvalue weighted by Crippen LogP contribution is -2.38. The molecule has 11 heteroatoms. The fourth-order valence-electron chi connectivity index (χ4n) is 2.12. The number of ether oxygens (including phenoxy) is 1. The van der Waals surface area contributed by atoms with Gasteiger partial charge in [-0.25, -0.2) is 0 Å². The van der Waals surface area contributed by atoms with Crippen molar-refractivity contribution >= 4 is 16.7 Å². The van der Waals surface area contributed by atoms with Gasteiger partial charge in [0.25, 0.3) is 5.69 Å². The molecule has 1 N–H and O–H groups in total. The number of alkyl halides is 3. The van der Waals surface area contributed by atoms with Crippen LogP contribution in [0.15, 0.2) is 21.7 Å². The molecule has 124 valence electrons. The summed E-state index contributed by atoms with van der Waals surface area (Å²) in [5.41, 5.74) is -5.63. The number of nitrogens with zero attached hydrogens (tertiary/aromatic N) is 2. The van der Waals surface area contributed by atoms with E-state index < -0.39 is 39.7 Å². The van der Waals surface area contributed by atoms with Gasteiger partial charge in [0.15, 0.2) is 0 Å². The Morgan fingerprint density at radius 1 is 1.35 bits per heavy atom. The summed E-state index contributed by atoms with van der Waals surface area (Å²) in [4.78, 5) is 35.2. The maximum Gasteiger partial charge on any atom is 0.423 e. The van der Waals surface area contributed by atoms with E-state index in [-0.39, 0.29) is 11.0 Å². The number of aromatic amines is 1. The molecule has 1 atom stereocenters. The summed E-state index contributed by atoms with van der Waals surface area (Å²) in [6.45, 7) is 1.36. The molecule has 2 aromatic rings. The Morgan fingerprint density at radius 3 is 2.43 bits per heavy atom. The number of hydrogen-bond donors (Lipinski definition) is 1. The van der Waals surface area contributed by atoms with Crippen molar-refractivity contribution in [1.82, 2.24) is 9.55 Å². The molecule has 0 aliphatic rings. The third-order valence-electron chi connectivity index (χ3n) is 3.24. The number of benzene rings is 1. The summed E-state index contributed by atoms with van der Waals surface area (Å²) in [6.07, 6.45) is -6.01. The zero-order valence-corrected chi connectivity index (χ0v) is 11.8. The van der Waals surface area contributed by atoms with Gasteiger partial charge in [0.1, 0.15) is 11.8 Å². The van der Waals surface area contributed by atoms with Gasteiger partial charge in [-0.1, -0.05) is 0 Å². The summed E-state index contributed by atoms with van der Waals surface area (Å²) in [7, 11) is 1.21. The van der Waals surface area contributed by atoms with Gasteiger partial charge in [0, 0.05) is 13.2 Å². The quantitative estimate of drug-likeness (QED) is 0.523. The Hall–Kier alpha value is -2.69. The largest absolute Gasteiger partial charge is 0.423 e. The Labute approximate surface area is 125 Å². The maximum atomic E-state index is 13.0. The number of rotatable bonds is 3. The minimum absolute atomic E-state index is 0.247. The van der Waals surface area contributed by atoms with Crippen molar-refractivity contribution < 1.29 is 22.8 Å². The molecule has 1 aromatic heterocycles. The predicted octanol–water partition coefficient (Wildman–Crippen LogP) is 1.78. The van der Waals surface area contributed by atoms with Crippen LogP contribution in [0.3, 0.4) is 0 Å². The molecule has 1 heterocycles. The number of nitro groups is 1. The highest BCUT2D eigenvalue weighted by Gasteiger charge is 2.39. The van der Waals surface area contributed by atoms with E-state index in [0.717, 1.165) is 4.57 Å². The monoisotopic (exact) mass is 333 g/mol. The number of halogens is 3. The highest BCUT2D eigenvalue weighted by Crippen LogP contribution is 2.38. The molecule has 0 radical (unpaired) electrons. The summed E-state index contributed by atoms with van der Waals surface area (Å²) in [6, 6.07) is 1.01. The minimum atomic E-state index is -5.00. The Balaban J connectivity index is 3.02. The lowest BCUT2D eigenvalue weighted by Gasteiger charge is -2.16. The fourth-order valence-corrected chi connectivity index (χ4v) is 2.12. The van der Waals surface area contributed by atoms with E-state index in [1.54, 1.807) is 0 Å². The first-order valence-corrected chi connectivity index (χ1v) is 6.15. The van der Waals surface area contributed by atoms with Crippen molar-refractivity contribution in [3.63, 3.8) is 0 Å². The molecule has 0 bridgehead atoms. The first-order chi connectivity index (χ1) is 10.6. The number of H-pyrrole nitrogens is 1. The smallest absolute Gasteiger partial charge is 0.361 e. The lowest BCUT2D eigenvalue weighted by atomic mass is 10.1. The van der Waals surface area contributed by atoms with Gasteiger partial charge in [-0.15, -0.1) is 0 Å². The highest BCUT2D eigenvalue weighted by molar-refractivity contribution is 5.79. The Bertz CT molecular complexity index is 900. The molecular weight excluding hydrogens is 323 g/mol. The van der Waals surface area contributed by atoms with Gasteiger partial charge >= 0.3 is 17.3 Å². The van der Waals surface area contributed by atoms with Crippen molar-refractivity contribution in [2.75, 3.05) is 7.11 Å². The summed E-state index contributed by atoms with van der Waals surface area (Å²) in [5.74, 6) is 0. The molecule has 8 nitrogen and oxygen atoms in total. The topological polar surface area (TPSA) is 107 Å². The second-order valence-corrected chi connectivity index (χ2v) is 4.61. The SMILES string of the molecule is COC(C)n1c(=O)c(=O)[nH]c2cc(C(F)(F)F)c([N+](=O)[O-])cc21. The number of hydrogen-bond acceptors (Lipinski definition) is 5. The van der Waals surface area contributed by atoms with Crippen molar-refractivity contribution in [3.8, 4) is 0 Å². The van der Waals surface area contributed by atoms with E-state index in [2.05, 4.69) is 0 Å². The molecule has 0 fully saturated rings. The van der Waals surface area contributed by atoms with Gasteiger partial charge in [-0.2, -0.15) is 13.2 Å². The highest BCUT2D eigenvalue weighted by atomic mass is 19.4. The van der Waals surface area contributed by atoms with Gasteiger partial charge < -0.3 is 9.72 Å². The average molecular weight is 333 g/mol. The molecule has 0 saturated heterocycles. The second-order valence-electron chi connectivity index (χ2n) is 4.61. The first kappa shape index (κ1) is 16.7. The Morgan fingerprint density at radius 2 is 1.96 bits per heavy atom. The summed E-state index contributed by atoms with van der Waals surface area (Å²) in [5, 5.41) is 10.9. The number of nitrogens with one attached hydrogen (secondary N) is 1. The normalized spacial score (nSPS) is 13.3. The molecule has 0 saturated carbocycles. The third-order valence-corrected chi connectivity index (χ3v) is 3.24. The molecule has 1 aromatic carbocycles. The molecule has 1 unspecified atom stereocenters. The van der Waals surface area contributed by atoms with Crippen molar-refractivity contribution in [3.05, 3.63) is 48.5 Å². The van der Waals surface area contributed by atoms with Crippen molar-refractivity contribution in [2.45, 2.75) is 19.3 Å². The molecule has 0 spiro atoms. The molecule has 0 aliphatic carbocycles. The molecule has 2 rings (SSSR count). The van der Waals surface area contributed by atoms with Crippen LogP contribution in [-0.4, -0.2) is 21.6 Å². The van der Waals surface area contributed by atoms with E-state index in [0.29, 0.717) is 12.1 Å². The maximum absolute atomic E-state index is 13.0. The van der Waals surface area contributed by atoms with Gasteiger partial charge in [-0.05, 0) is 13.0 Å². The van der Waals surface area contributed by atoms with E-state index in [1.807, 2.05) is 4.98 Å². The van der Waals surface area contributed by atoms with Crippen LogP contribution < -0.4 is 11.1 Å². The third kappa shape index (κ3) is 2.82. The van der Waals surface area contributed by atoms with Crippen LogP contribution >= 0.6 is 0 Å². The first-order valence-electron chi connectivity index (χ1n) is 6.15. The van der Waals surface area contributed by atoms with Crippen LogP contribution in [0.25, 0.3) is 11.0 Å². The van der Waals surface area contributed by atoms with E-state index in [1.165, 1.54) is 14.0 Å². The van der Waals surface area contributed by atoms with Crippen LogP contribution in [0.5, 0.6) is 0 Å². The van der Waals surface area contributed by atoms with Crippen molar-refractivity contribution in [1.29, 1.82) is 0 Å². The number of aromatic nitrogens is 2. The Kier molecular flexibility index (Phi) is 3.99. The van der Waals surface area contributed by atoms with Crippen LogP contribution in [0, 0.1) is 10.1 Å². The van der Waals surface area contributed by atoms with Crippen LogP contribution in [-0.2, 0) is 10.9 Å². The molecular formula is C12H10F3N3O5. The fraction of sp³-hybridized carbons (Fsp3) is 0.333. The zero-order valence-electron chi connectivity index (χ0n) is 11.8. The molecule has 23 heavy (non-hydrogen) atoms. The van der Waals surface area contributed by atoms with Crippen LogP contribution in [0.2, 0.25) is 0 Å². The summed E-state index contributed by atoms with van der Waals surface area (Å²) < 4.78 is 44.5. The zero-order chi connectivity index (χ0) is 17.5. The molecule has 0 aliphatic heterocycles. The predicted molar refractivity (Wildman–Crippen MR) is 72.2 cm³/mol. The number of methoxy groups -OCH3 is 1. The van der Waals surface area contributed by atoms with Crippen LogP contribution in [0.4, 0.5) is 18.9 Å². The van der Waals surface area contributed by atoms with Gasteiger partial charge in [0.2, 0.25) is 0 Å².